The average molecular weight is 461 g/mol. The van der Waals surface area contributed by atoms with Gasteiger partial charge in [-0.1, -0.05) is 17.3 Å². The second-order valence-corrected chi connectivity index (χ2v) is 10.4. The lowest BCUT2D eigenvalue weighted by molar-refractivity contribution is -0.132. The van der Waals surface area contributed by atoms with E-state index >= 15 is 0 Å². The van der Waals surface area contributed by atoms with E-state index in [0.29, 0.717) is 36.1 Å². The van der Waals surface area contributed by atoms with Crippen LogP contribution in [0.1, 0.15) is 23.4 Å². The molecule has 3 aromatic rings. The number of aromatic nitrogens is 2. The summed E-state index contributed by atoms with van der Waals surface area (Å²) in [6.07, 6.45) is 0.606. The van der Waals surface area contributed by atoms with Gasteiger partial charge in [-0.3, -0.25) is 4.79 Å². The summed E-state index contributed by atoms with van der Waals surface area (Å²) >= 11 is 1.52. The van der Waals surface area contributed by atoms with E-state index < -0.39 is 10.0 Å². The molecule has 2 aromatic heterocycles. The van der Waals surface area contributed by atoms with Gasteiger partial charge in [0, 0.05) is 39.0 Å². The number of amides is 1. The second-order valence-electron chi connectivity index (χ2n) is 7.52. The predicted molar refractivity (Wildman–Crippen MR) is 117 cm³/mol. The summed E-state index contributed by atoms with van der Waals surface area (Å²) < 4.78 is 32.6. The van der Waals surface area contributed by atoms with Gasteiger partial charge in [0.25, 0.3) is 0 Å². The fourth-order valence-corrected chi connectivity index (χ4v) is 5.59. The van der Waals surface area contributed by atoms with E-state index in [2.05, 4.69) is 10.1 Å². The predicted octanol–water partition coefficient (Wildman–Crippen LogP) is 2.88. The van der Waals surface area contributed by atoms with Gasteiger partial charge in [-0.15, -0.1) is 11.3 Å². The number of carbonyl (C=O) groups excluding carboxylic acids is 1. The Labute approximate surface area is 185 Å². The van der Waals surface area contributed by atoms with Crippen molar-refractivity contribution in [2.45, 2.75) is 31.6 Å². The summed E-state index contributed by atoms with van der Waals surface area (Å²) in [6.45, 7) is 5.15. The third-order valence-electron chi connectivity index (χ3n) is 5.47. The zero-order valence-corrected chi connectivity index (χ0v) is 19.1. The lowest BCUT2D eigenvalue weighted by Crippen LogP contribution is -2.50. The number of aryl methyl sites for hydroxylation is 3. The van der Waals surface area contributed by atoms with Crippen molar-refractivity contribution in [1.82, 2.24) is 19.3 Å². The maximum atomic E-state index is 12.9. The van der Waals surface area contributed by atoms with Gasteiger partial charge in [0.1, 0.15) is 0 Å². The quantitative estimate of drug-likeness (QED) is 0.561. The molecule has 0 bridgehead atoms. The minimum absolute atomic E-state index is 0.0425. The zero-order chi connectivity index (χ0) is 22.0. The highest BCUT2D eigenvalue weighted by Crippen LogP contribution is 2.22. The molecule has 1 amide bonds. The number of piperazine rings is 1. The number of sulfonamides is 1. The molecule has 10 heteroatoms. The number of thiophene rings is 1. The summed E-state index contributed by atoms with van der Waals surface area (Å²) in [4.78, 5) is 19.8. The third kappa shape index (κ3) is 4.70. The van der Waals surface area contributed by atoms with Crippen molar-refractivity contribution < 1.29 is 17.7 Å². The summed E-state index contributed by atoms with van der Waals surface area (Å²) in [5.41, 5.74) is 2.00. The second kappa shape index (κ2) is 8.89. The zero-order valence-electron chi connectivity index (χ0n) is 17.4. The highest BCUT2D eigenvalue weighted by molar-refractivity contribution is 7.89. The molecular weight excluding hydrogens is 436 g/mol. The number of benzene rings is 1. The molecule has 3 heterocycles. The van der Waals surface area contributed by atoms with Gasteiger partial charge in [-0.05, 0) is 48.6 Å². The number of hydrogen-bond donors (Lipinski definition) is 0. The number of rotatable bonds is 6. The molecule has 0 aliphatic carbocycles. The maximum Gasteiger partial charge on any atom is 0.243 e. The van der Waals surface area contributed by atoms with Crippen molar-refractivity contribution >= 4 is 27.3 Å². The minimum atomic E-state index is -3.56. The van der Waals surface area contributed by atoms with Gasteiger partial charge in [-0.25, -0.2) is 8.42 Å². The Hall–Kier alpha value is -2.56. The van der Waals surface area contributed by atoms with Crippen LogP contribution in [0.5, 0.6) is 0 Å². The average Bonchev–Trinajstić information content (AvgIpc) is 3.46. The molecule has 0 spiro atoms. The molecule has 1 aliphatic heterocycles. The molecule has 0 N–H and O–H groups in total. The van der Waals surface area contributed by atoms with Crippen LogP contribution in [0.2, 0.25) is 0 Å². The Morgan fingerprint density at radius 1 is 1.13 bits per heavy atom. The number of carbonyl (C=O) groups is 1. The van der Waals surface area contributed by atoms with E-state index in [0.717, 1.165) is 16.0 Å². The molecular formula is C21H24N4O4S2. The van der Waals surface area contributed by atoms with Gasteiger partial charge in [0.05, 0.1) is 9.77 Å². The van der Waals surface area contributed by atoms with E-state index in [4.69, 9.17) is 4.52 Å². The molecule has 0 atom stereocenters. The molecule has 0 saturated carbocycles. The lowest BCUT2D eigenvalue weighted by Gasteiger charge is -2.34. The van der Waals surface area contributed by atoms with E-state index in [1.54, 1.807) is 17.0 Å². The van der Waals surface area contributed by atoms with E-state index in [9.17, 15) is 13.2 Å². The van der Waals surface area contributed by atoms with Crippen LogP contribution in [-0.4, -0.2) is 59.8 Å². The molecule has 0 radical (unpaired) electrons. The van der Waals surface area contributed by atoms with Crippen LogP contribution in [0.15, 0.2) is 45.1 Å². The first kappa shape index (κ1) is 21.7. The highest BCUT2D eigenvalue weighted by Gasteiger charge is 2.30. The first-order valence-electron chi connectivity index (χ1n) is 10.1. The van der Waals surface area contributed by atoms with Crippen LogP contribution in [0, 0.1) is 13.8 Å². The van der Waals surface area contributed by atoms with Crippen LogP contribution in [0.3, 0.4) is 0 Å². The molecule has 1 aliphatic rings. The minimum Gasteiger partial charge on any atom is -0.340 e. The third-order valence-corrected chi connectivity index (χ3v) is 8.23. The van der Waals surface area contributed by atoms with Gasteiger partial charge in [0.15, 0.2) is 0 Å². The molecule has 1 fully saturated rings. The van der Waals surface area contributed by atoms with Crippen molar-refractivity contribution in [1.29, 1.82) is 0 Å². The Morgan fingerprint density at radius 2 is 1.90 bits per heavy atom. The highest BCUT2D eigenvalue weighted by atomic mass is 32.2. The Kier molecular flexibility index (Phi) is 6.22. The smallest absolute Gasteiger partial charge is 0.243 e. The van der Waals surface area contributed by atoms with Crippen LogP contribution >= 0.6 is 11.3 Å². The Balaban J connectivity index is 1.31. The van der Waals surface area contributed by atoms with Crippen molar-refractivity contribution in [2.75, 3.05) is 26.2 Å². The Morgan fingerprint density at radius 3 is 2.58 bits per heavy atom. The summed E-state index contributed by atoms with van der Waals surface area (Å²) in [7, 11) is -3.56. The number of nitrogens with zero attached hydrogens (tertiary/aromatic N) is 4. The summed E-state index contributed by atoms with van der Waals surface area (Å²) in [5, 5.41) is 5.89. The monoisotopic (exact) mass is 460 g/mol. The number of hydrogen-bond acceptors (Lipinski definition) is 7. The maximum absolute atomic E-state index is 12.9. The van der Waals surface area contributed by atoms with Crippen LogP contribution in [0.4, 0.5) is 0 Å². The topological polar surface area (TPSA) is 96.6 Å². The van der Waals surface area contributed by atoms with Gasteiger partial charge in [0.2, 0.25) is 27.6 Å². The largest absolute Gasteiger partial charge is 0.340 e. The van der Waals surface area contributed by atoms with Crippen LogP contribution in [0.25, 0.3) is 10.7 Å². The van der Waals surface area contributed by atoms with Crippen molar-refractivity contribution in [2.24, 2.45) is 0 Å². The van der Waals surface area contributed by atoms with E-state index in [1.165, 1.54) is 15.6 Å². The van der Waals surface area contributed by atoms with Crippen LogP contribution < -0.4 is 0 Å². The first-order valence-corrected chi connectivity index (χ1v) is 12.4. The molecule has 8 nitrogen and oxygen atoms in total. The van der Waals surface area contributed by atoms with E-state index in [-0.39, 0.29) is 25.4 Å². The normalized spacial score (nSPS) is 15.4. The van der Waals surface area contributed by atoms with Crippen molar-refractivity contribution in [3.63, 3.8) is 0 Å². The molecule has 164 valence electrons. The van der Waals surface area contributed by atoms with Gasteiger partial charge >= 0.3 is 0 Å². The Bertz CT molecular complexity index is 1160. The molecule has 31 heavy (non-hydrogen) atoms. The van der Waals surface area contributed by atoms with Gasteiger partial charge < -0.3 is 9.42 Å². The lowest BCUT2D eigenvalue weighted by atomic mass is 10.1. The van der Waals surface area contributed by atoms with Crippen molar-refractivity contribution in [3.05, 3.63) is 52.7 Å². The summed E-state index contributed by atoms with van der Waals surface area (Å²) in [6, 6.07) is 9.00. The van der Waals surface area contributed by atoms with Crippen LogP contribution in [-0.2, 0) is 21.2 Å². The summed E-state index contributed by atoms with van der Waals surface area (Å²) in [5.74, 6) is 0.911. The molecule has 1 saturated heterocycles. The van der Waals surface area contributed by atoms with E-state index in [1.807, 2.05) is 37.4 Å². The molecule has 4 rings (SSSR count). The molecule has 0 unspecified atom stereocenters. The fourth-order valence-electron chi connectivity index (χ4n) is 3.44. The SMILES string of the molecule is Cc1ccc(S(=O)(=O)N2CCN(C(=O)CCc3nc(-c4cccs4)no3)CC2)cc1C. The standard InChI is InChI=1S/C21H24N4O4S2/c1-15-5-6-17(14-16(15)2)31(27,28)25-11-9-24(10-12-25)20(26)8-7-19-22-21(23-29-19)18-4-3-13-30-18/h3-6,13-14H,7-12H2,1-2H3. The fraction of sp³-hybridized carbons (Fsp3) is 0.381. The first-order chi connectivity index (χ1) is 14.8. The molecule has 1 aromatic carbocycles. The van der Waals surface area contributed by atoms with Crippen molar-refractivity contribution in [3.8, 4) is 10.7 Å². The van der Waals surface area contributed by atoms with Gasteiger partial charge in [-0.2, -0.15) is 9.29 Å².